The highest BCUT2D eigenvalue weighted by Crippen LogP contribution is 2.29. The summed E-state index contributed by atoms with van der Waals surface area (Å²) >= 11 is 3.70. The van der Waals surface area contributed by atoms with E-state index in [4.69, 9.17) is 0 Å². The summed E-state index contributed by atoms with van der Waals surface area (Å²) in [6.45, 7) is 9.27. The van der Waals surface area contributed by atoms with Crippen molar-refractivity contribution >= 4 is 27.3 Å². The zero-order chi connectivity index (χ0) is 15.2. The Morgan fingerprint density at radius 2 is 1.81 bits per heavy atom. The van der Waals surface area contributed by atoms with Gasteiger partial charge in [-0.25, -0.2) is 0 Å². The molecule has 0 unspecified atom stereocenters. The monoisotopic (exact) mass is 346 g/mol. The lowest BCUT2D eigenvalue weighted by Gasteiger charge is -2.24. The zero-order valence-corrected chi connectivity index (χ0v) is 14.6. The molecular weight excluding hydrogens is 324 g/mol. The number of benzene rings is 2. The van der Waals surface area contributed by atoms with Gasteiger partial charge in [0.2, 0.25) is 0 Å². The molecule has 0 spiro atoms. The Morgan fingerprint density at radius 1 is 1.05 bits per heavy atom. The average Bonchev–Trinajstić information content (AvgIpc) is 2.47. The van der Waals surface area contributed by atoms with Crippen molar-refractivity contribution in [2.75, 3.05) is 18.0 Å². The fourth-order valence-corrected chi connectivity index (χ4v) is 2.92. The molecule has 0 saturated heterocycles. The van der Waals surface area contributed by atoms with Crippen molar-refractivity contribution in [3.05, 3.63) is 58.1 Å². The number of nitrogens with one attached hydrogen (secondary N) is 1. The van der Waals surface area contributed by atoms with Gasteiger partial charge in [-0.2, -0.15) is 0 Å². The first kappa shape index (κ1) is 16.1. The Kier molecular flexibility index (Phi) is 5.83. The van der Waals surface area contributed by atoms with Crippen LogP contribution in [0.25, 0.3) is 0 Å². The third kappa shape index (κ3) is 4.08. The first-order chi connectivity index (χ1) is 10.2. The van der Waals surface area contributed by atoms with Gasteiger partial charge in [-0.3, -0.25) is 0 Å². The standard InChI is InChI=1S/C18H23BrN2/c1-4-20-13-15-9-10-17(12-18(15)19)21(5-2)16-8-6-7-14(3)11-16/h6-12,20H,4-5,13H2,1-3H3. The van der Waals surface area contributed by atoms with Crippen LogP contribution in [0.15, 0.2) is 46.9 Å². The number of halogens is 1. The summed E-state index contributed by atoms with van der Waals surface area (Å²) in [4.78, 5) is 2.33. The Balaban J connectivity index is 2.28. The fourth-order valence-electron chi connectivity index (χ4n) is 2.42. The summed E-state index contributed by atoms with van der Waals surface area (Å²) in [5.41, 5.74) is 5.04. The highest BCUT2D eigenvalue weighted by atomic mass is 79.9. The highest BCUT2D eigenvalue weighted by molar-refractivity contribution is 9.10. The van der Waals surface area contributed by atoms with E-state index in [2.05, 4.69) is 89.4 Å². The molecule has 112 valence electrons. The van der Waals surface area contributed by atoms with Crippen LogP contribution < -0.4 is 10.2 Å². The van der Waals surface area contributed by atoms with Gasteiger partial charge >= 0.3 is 0 Å². The van der Waals surface area contributed by atoms with E-state index in [1.54, 1.807) is 0 Å². The molecule has 3 heteroatoms. The molecule has 0 aliphatic heterocycles. The predicted octanol–water partition coefficient (Wildman–Crippen LogP) is 5.03. The van der Waals surface area contributed by atoms with Gasteiger partial charge < -0.3 is 10.2 Å². The molecule has 0 amide bonds. The number of hydrogen-bond acceptors (Lipinski definition) is 2. The quantitative estimate of drug-likeness (QED) is 0.789. The number of anilines is 2. The molecule has 2 aromatic carbocycles. The van der Waals surface area contributed by atoms with Crippen molar-refractivity contribution in [3.63, 3.8) is 0 Å². The third-order valence-electron chi connectivity index (χ3n) is 3.54. The summed E-state index contributed by atoms with van der Waals surface area (Å²) in [6, 6.07) is 15.2. The van der Waals surface area contributed by atoms with Crippen molar-refractivity contribution in [2.24, 2.45) is 0 Å². The average molecular weight is 347 g/mol. The second kappa shape index (κ2) is 7.62. The number of nitrogens with zero attached hydrogens (tertiary/aromatic N) is 1. The second-order valence-corrected chi connectivity index (χ2v) is 5.99. The molecule has 2 aromatic rings. The maximum atomic E-state index is 3.70. The van der Waals surface area contributed by atoms with E-state index in [0.29, 0.717) is 0 Å². The first-order valence-corrected chi connectivity index (χ1v) is 8.28. The molecule has 0 saturated carbocycles. The van der Waals surface area contributed by atoms with Gasteiger partial charge in [0.05, 0.1) is 0 Å². The Bertz CT molecular complexity index is 596. The van der Waals surface area contributed by atoms with Crippen LogP contribution in [0.2, 0.25) is 0 Å². The molecule has 0 aliphatic carbocycles. The molecule has 2 nitrogen and oxygen atoms in total. The maximum Gasteiger partial charge on any atom is 0.0422 e. The van der Waals surface area contributed by atoms with Crippen LogP contribution in [0.3, 0.4) is 0 Å². The van der Waals surface area contributed by atoms with Gasteiger partial charge in [0.1, 0.15) is 0 Å². The number of rotatable bonds is 6. The van der Waals surface area contributed by atoms with Gasteiger partial charge in [-0.05, 0) is 55.8 Å². The van der Waals surface area contributed by atoms with Crippen LogP contribution >= 0.6 is 15.9 Å². The number of hydrogen-bond donors (Lipinski definition) is 1. The van der Waals surface area contributed by atoms with E-state index in [0.717, 1.165) is 24.1 Å². The second-order valence-electron chi connectivity index (χ2n) is 5.14. The lowest BCUT2D eigenvalue weighted by molar-refractivity contribution is 0.724. The molecule has 0 heterocycles. The van der Waals surface area contributed by atoms with Gasteiger partial charge in [0, 0.05) is 28.9 Å². The summed E-state index contributed by atoms with van der Waals surface area (Å²) in [6.07, 6.45) is 0. The van der Waals surface area contributed by atoms with E-state index < -0.39 is 0 Å². The largest absolute Gasteiger partial charge is 0.342 e. The van der Waals surface area contributed by atoms with Crippen molar-refractivity contribution in [1.82, 2.24) is 5.32 Å². The molecule has 0 aliphatic rings. The molecule has 0 fully saturated rings. The molecule has 0 aromatic heterocycles. The van der Waals surface area contributed by atoms with E-state index in [1.165, 1.54) is 22.5 Å². The lowest BCUT2D eigenvalue weighted by atomic mass is 10.1. The molecule has 1 N–H and O–H groups in total. The van der Waals surface area contributed by atoms with E-state index in [9.17, 15) is 0 Å². The van der Waals surface area contributed by atoms with Gasteiger partial charge in [-0.15, -0.1) is 0 Å². The van der Waals surface area contributed by atoms with Gasteiger partial charge in [-0.1, -0.05) is 41.1 Å². The van der Waals surface area contributed by atoms with Crippen LogP contribution in [-0.4, -0.2) is 13.1 Å². The maximum absolute atomic E-state index is 3.70. The summed E-state index contributed by atoms with van der Waals surface area (Å²) in [7, 11) is 0. The Morgan fingerprint density at radius 3 is 2.43 bits per heavy atom. The van der Waals surface area contributed by atoms with Crippen LogP contribution in [0, 0.1) is 6.92 Å². The Hall–Kier alpha value is -1.32. The Labute approximate surface area is 136 Å². The van der Waals surface area contributed by atoms with Crippen LogP contribution in [0.5, 0.6) is 0 Å². The van der Waals surface area contributed by atoms with Crippen molar-refractivity contribution in [2.45, 2.75) is 27.3 Å². The molecular formula is C18H23BrN2. The minimum atomic E-state index is 0.897. The van der Waals surface area contributed by atoms with E-state index in [-0.39, 0.29) is 0 Å². The van der Waals surface area contributed by atoms with Crippen molar-refractivity contribution < 1.29 is 0 Å². The molecule has 21 heavy (non-hydrogen) atoms. The van der Waals surface area contributed by atoms with Crippen LogP contribution in [0.1, 0.15) is 25.0 Å². The van der Waals surface area contributed by atoms with Gasteiger partial charge in [0.15, 0.2) is 0 Å². The van der Waals surface area contributed by atoms with E-state index in [1.807, 2.05) is 0 Å². The molecule has 0 atom stereocenters. The van der Waals surface area contributed by atoms with E-state index >= 15 is 0 Å². The zero-order valence-electron chi connectivity index (χ0n) is 13.0. The lowest BCUT2D eigenvalue weighted by Crippen LogP contribution is -2.17. The smallest absolute Gasteiger partial charge is 0.0422 e. The van der Waals surface area contributed by atoms with Crippen molar-refractivity contribution in [3.8, 4) is 0 Å². The van der Waals surface area contributed by atoms with Gasteiger partial charge in [0.25, 0.3) is 0 Å². The molecule has 0 bridgehead atoms. The highest BCUT2D eigenvalue weighted by Gasteiger charge is 2.09. The normalized spacial score (nSPS) is 10.7. The first-order valence-electron chi connectivity index (χ1n) is 7.49. The predicted molar refractivity (Wildman–Crippen MR) is 95.4 cm³/mol. The van der Waals surface area contributed by atoms with Crippen LogP contribution in [-0.2, 0) is 6.54 Å². The molecule has 0 radical (unpaired) electrons. The number of aryl methyl sites for hydroxylation is 1. The minimum absolute atomic E-state index is 0.897. The minimum Gasteiger partial charge on any atom is -0.342 e. The SMILES string of the molecule is CCNCc1ccc(N(CC)c2cccc(C)c2)cc1Br. The topological polar surface area (TPSA) is 15.3 Å². The summed E-state index contributed by atoms with van der Waals surface area (Å²) in [5.74, 6) is 0. The summed E-state index contributed by atoms with van der Waals surface area (Å²) in [5, 5.41) is 3.36. The van der Waals surface area contributed by atoms with Crippen LogP contribution in [0.4, 0.5) is 11.4 Å². The van der Waals surface area contributed by atoms with Crippen molar-refractivity contribution in [1.29, 1.82) is 0 Å². The fraction of sp³-hybridized carbons (Fsp3) is 0.333. The third-order valence-corrected chi connectivity index (χ3v) is 4.28. The summed E-state index contributed by atoms with van der Waals surface area (Å²) < 4.78 is 1.16. The molecule has 2 rings (SSSR count).